The Bertz CT molecular complexity index is 913. The summed E-state index contributed by atoms with van der Waals surface area (Å²) in [5.41, 5.74) is 5.06. The van der Waals surface area contributed by atoms with E-state index in [0.717, 1.165) is 29.3 Å². The fourth-order valence-electron chi connectivity index (χ4n) is 3.97. The summed E-state index contributed by atoms with van der Waals surface area (Å²) in [6.45, 7) is 1.58. The quantitative estimate of drug-likeness (QED) is 0.686. The van der Waals surface area contributed by atoms with Crippen LogP contribution >= 0.6 is 0 Å². The van der Waals surface area contributed by atoms with E-state index < -0.39 is 0 Å². The molecule has 120 valence electrons. The van der Waals surface area contributed by atoms with Crippen LogP contribution in [0.15, 0.2) is 60.7 Å². The van der Waals surface area contributed by atoms with Crippen LogP contribution in [0, 0.1) is 0 Å². The van der Waals surface area contributed by atoms with Crippen LogP contribution in [0.2, 0.25) is 0 Å². The molecule has 0 saturated heterocycles. The number of hydrogen-bond acceptors (Lipinski definition) is 1. The van der Waals surface area contributed by atoms with E-state index in [4.69, 9.17) is 0 Å². The smallest absolute Gasteiger partial charge is 0.221 e. The fraction of sp³-hybridized carbons (Fsp3) is 0.227. The molecular weight excluding hydrogens is 294 g/mol. The van der Waals surface area contributed by atoms with Gasteiger partial charge < -0.3 is 5.32 Å². The van der Waals surface area contributed by atoms with Crippen molar-refractivity contribution in [3.8, 4) is 0 Å². The molecule has 0 bridgehead atoms. The molecule has 0 aromatic heterocycles. The van der Waals surface area contributed by atoms with Crippen LogP contribution in [-0.4, -0.2) is 5.91 Å². The van der Waals surface area contributed by atoms with E-state index in [1.165, 1.54) is 23.1 Å². The van der Waals surface area contributed by atoms with E-state index in [9.17, 15) is 4.79 Å². The maximum Gasteiger partial charge on any atom is 0.221 e. The Morgan fingerprint density at radius 2 is 1.75 bits per heavy atom. The standard InChI is InChI=1S/C22H21NO/c1-15(24)23-22-19-11-5-3-8-17(19)13-14-21(22)20-12-6-9-16-7-2-4-10-18(16)20/h2-5,7-8,10-11,13-14,20H,6,9,12H2,1H3,(H,23,24). The van der Waals surface area contributed by atoms with E-state index in [0.29, 0.717) is 5.92 Å². The highest BCUT2D eigenvalue weighted by atomic mass is 16.1. The van der Waals surface area contributed by atoms with Crippen molar-refractivity contribution in [1.82, 2.24) is 0 Å². The van der Waals surface area contributed by atoms with Crippen molar-refractivity contribution < 1.29 is 4.79 Å². The molecule has 1 amide bonds. The van der Waals surface area contributed by atoms with Crippen LogP contribution in [0.4, 0.5) is 5.69 Å². The summed E-state index contributed by atoms with van der Waals surface area (Å²) in [6.07, 6.45) is 3.46. The molecule has 0 aliphatic heterocycles. The van der Waals surface area contributed by atoms with E-state index in [2.05, 4.69) is 53.8 Å². The van der Waals surface area contributed by atoms with Crippen LogP contribution in [0.25, 0.3) is 10.8 Å². The van der Waals surface area contributed by atoms with Gasteiger partial charge >= 0.3 is 0 Å². The summed E-state index contributed by atoms with van der Waals surface area (Å²) in [5, 5.41) is 5.39. The SMILES string of the molecule is CC(=O)Nc1c(C2CCCc3ccccc32)ccc2ccccc12. The number of benzene rings is 3. The molecule has 0 heterocycles. The second-order valence-corrected chi connectivity index (χ2v) is 6.58. The van der Waals surface area contributed by atoms with Gasteiger partial charge in [-0.25, -0.2) is 0 Å². The van der Waals surface area contributed by atoms with Crippen molar-refractivity contribution in [3.63, 3.8) is 0 Å². The number of rotatable bonds is 2. The largest absolute Gasteiger partial charge is 0.325 e. The van der Waals surface area contributed by atoms with Crippen molar-refractivity contribution >= 4 is 22.4 Å². The zero-order valence-electron chi connectivity index (χ0n) is 13.9. The topological polar surface area (TPSA) is 29.1 Å². The Morgan fingerprint density at radius 3 is 2.62 bits per heavy atom. The van der Waals surface area contributed by atoms with Gasteiger partial charge in [0.05, 0.1) is 5.69 Å². The molecule has 1 N–H and O–H groups in total. The van der Waals surface area contributed by atoms with Crippen LogP contribution in [0.3, 0.4) is 0 Å². The first-order chi connectivity index (χ1) is 11.7. The normalized spacial score (nSPS) is 16.6. The van der Waals surface area contributed by atoms with Gasteiger partial charge in [0.15, 0.2) is 0 Å². The third-order valence-corrected chi connectivity index (χ3v) is 5.01. The highest BCUT2D eigenvalue weighted by Gasteiger charge is 2.24. The Kier molecular flexibility index (Phi) is 3.81. The number of anilines is 1. The first-order valence-corrected chi connectivity index (χ1v) is 8.61. The first kappa shape index (κ1) is 14.9. The Morgan fingerprint density at radius 1 is 0.958 bits per heavy atom. The third-order valence-electron chi connectivity index (χ3n) is 5.01. The van der Waals surface area contributed by atoms with Gasteiger partial charge in [-0.3, -0.25) is 4.79 Å². The van der Waals surface area contributed by atoms with Crippen LogP contribution in [0.1, 0.15) is 42.4 Å². The summed E-state index contributed by atoms with van der Waals surface area (Å²) < 4.78 is 0. The molecule has 2 heteroatoms. The van der Waals surface area contributed by atoms with Crippen LogP contribution < -0.4 is 5.32 Å². The Labute approximate surface area is 142 Å². The van der Waals surface area contributed by atoms with Crippen molar-refractivity contribution in [3.05, 3.63) is 77.4 Å². The minimum atomic E-state index is -0.0169. The molecule has 0 spiro atoms. The minimum Gasteiger partial charge on any atom is -0.325 e. The molecule has 0 saturated carbocycles. The lowest BCUT2D eigenvalue weighted by Crippen LogP contribution is -2.15. The molecule has 1 aliphatic carbocycles. The molecule has 0 fully saturated rings. The van der Waals surface area contributed by atoms with Gasteiger partial charge in [0.1, 0.15) is 0 Å². The van der Waals surface area contributed by atoms with Gasteiger partial charge in [0.2, 0.25) is 5.91 Å². The second-order valence-electron chi connectivity index (χ2n) is 6.58. The number of carbonyl (C=O) groups excluding carboxylic acids is 1. The lowest BCUT2D eigenvalue weighted by atomic mass is 9.78. The van der Waals surface area contributed by atoms with Gasteiger partial charge in [-0.2, -0.15) is 0 Å². The third kappa shape index (κ3) is 2.58. The fourth-order valence-corrected chi connectivity index (χ4v) is 3.97. The lowest BCUT2D eigenvalue weighted by Gasteiger charge is -2.28. The molecule has 1 atom stereocenters. The summed E-state index contributed by atoms with van der Waals surface area (Å²) in [4.78, 5) is 11.8. The predicted octanol–water partition coefficient (Wildman–Crippen LogP) is 5.27. The zero-order chi connectivity index (χ0) is 16.5. The molecule has 1 aliphatic rings. The molecular formula is C22H21NO. The zero-order valence-corrected chi connectivity index (χ0v) is 13.9. The monoisotopic (exact) mass is 315 g/mol. The minimum absolute atomic E-state index is 0.0169. The summed E-state index contributed by atoms with van der Waals surface area (Å²) in [5.74, 6) is 0.332. The molecule has 0 radical (unpaired) electrons. The average Bonchev–Trinajstić information content (AvgIpc) is 2.61. The van der Waals surface area contributed by atoms with Crippen molar-refractivity contribution in [2.45, 2.75) is 32.1 Å². The number of amides is 1. The van der Waals surface area contributed by atoms with Crippen molar-refractivity contribution in [1.29, 1.82) is 0 Å². The van der Waals surface area contributed by atoms with Crippen LogP contribution in [0.5, 0.6) is 0 Å². The molecule has 1 unspecified atom stereocenters. The maximum absolute atomic E-state index is 11.8. The number of fused-ring (bicyclic) bond motifs is 2. The van der Waals surface area contributed by atoms with Gasteiger partial charge in [-0.1, -0.05) is 60.7 Å². The predicted molar refractivity (Wildman–Crippen MR) is 99.5 cm³/mol. The molecule has 4 rings (SSSR count). The average molecular weight is 315 g/mol. The van der Waals surface area contributed by atoms with Crippen LogP contribution in [-0.2, 0) is 11.2 Å². The molecule has 2 nitrogen and oxygen atoms in total. The number of nitrogens with one attached hydrogen (secondary N) is 1. The Hall–Kier alpha value is -2.61. The lowest BCUT2D eigenvalue weighted by molar-refractivity contribution is -0.114. The van der Waals surface area contributed by atoms with Gasteiger partial charge in [-0.05, 0) is 41.3 Å². The molecule has 3 aromatic rings. The highest BCUT2D eigenvalue weighted by molar-refractivity contribution is 6.03. The second kappa shape index (κ2) is 6.12. The number of carbonyl (C=O) groups is 1. The first-order valence-electron chi connectivity index (χ1n) is 8.61. The van der Waals surface area contributed by atoms with Gasteiger partial charge in [0, 0.05) is 18.2 Å². The molecule has 24 heavy (non-hydrogen) atoms. The summed E-state index contributed by atoms with van der Waals surface area (Å²) in [7, 11) is 0. The van der Waals surface area contributed by atoms with E-state index in [1.54, 1.807) is 6.92 Å². The van der Waals surface area contributed by atoms with E-state index in [1.807, 2.05) is 12.1 Å². The highest BCUT2D eigenvalue weighted by Crippen LogP contribution is 2.42. The number of aryl methyl sites for hydroxylation is 1. The summed E-state index contributed by atoms with van der Waals surface area (Å²) in [6, 6.07) is 21.4. The van der Waals surface area contributed by atoms with Gasteiger partial charge in [0.25, 0.3) is 0 Å². The molecule has 3 aromatic carbocycles. The van der Waals surface area contributed by atoms with Crippen molar-refractivity contribution in [2.75, 3.05) is 5.32 Å². The van der Waals surface area contributed by atoms with Gasteiger partial charge in [-0.15, -0.1) is 0 Å². The summed E-state index contributed by atoms with van der Waals surface area (Å²) >= 11 is 0. The Balaban J connectivity index is 1.92. The van der Waals surface area contributed by atoms with E-state index >= 15 is 0 Å². The number of hydrogen-bond donors (Lipinski definition) is 1. The maximum atomic E-state index is 11.8. The van der Waals surface area contributed by atoms with E-state index in [-0.39, 0.29) is 5.91 Å². The van der Waals surface area contributed by atoms with Crippen molar-refractivity contribution in [2.24, 2.45) is 0 Å².